The summed E-state index contributed by atoms with van der Waals surface area (Å²) >= 11 is 0. The highest BCUT2D eigenvalue weighted by Gasteiger charge is 2.36. The molecule has 0 radical (unpaired) electrons. The van der Waals surface area contributed by atoms with E-state index >= 15 is 0 Å². The van der Waals surface area contributed by atoms with Crippen LogP contribution in [0.15, 0.2) is 67.0 Å². The van der Waals surface area contributed by atoms with Gasteiger partial charge in [0.2, 0.25) is 5.91 Å². The number of nitrogens with zero attached hydrogens (tertiary/aromatic N) is 3. The van der Waals surface area contributed by atoms with Crippen LogP contribution in [0.4, 0.5) is 11.4 Å². The van der Waals surface area contributed by atoms with Crippen LogP contribution in [0.3, 0.4) is 0 Å². The lowest BCUT2D eigenvalue weighted by atomic mass is 10.0. The highest BCUT2D eigenvalue weighted by molar-refractivity contribution is 6.10. The van der Waals surface area contributed by atoms with Gasteiger partial charge >= 0.3 is 11.7 Å². The van der Waals surface area contributed by atoms with Crippen LogP contribution >= 0.6 is 0 Å². The first kappa shape index (κ1) is 22.6. The van der Waals surface area contributed by atoms with Crippen molar-refractivity contribution in [1.29, 1.82) is 0 Å². The first-order valence-corrected chi connectivity index (χ1v) is 10.4. The summed E-state index contributed by atoms with van der Waals surface area (Å²) in [6.45, 7) is 0.0734. The lowest BCUT2D eigenvalue weighted by Gasteiger charge is -2.29. The van der Waals surface area contributed by atoms with Crippen molar-refractivity contribution in [3.63, 3.8) is 0 Å². The van der Waals surface area contributed by atoms with Gasteiger partial charge in [-0.25, -0.2) is 9.63 Å². The predicted molar refractivity (Wildman–Crippen MR) is 120 cm³/mol. The van der Waals surface area contributed by atoms with E-state index in [1.165, 1.54) is 42.3 Å². The lowest BCUT2D eigenvalue weighted by Crippen LogP contribution is -2.46. The average Bonchev–Trinajstić information content (AvgIpc) is 2.94. The molecule has 2 heterocycles. The number of carboxylic acid groups (broad SMARTS) is 1. The molecule has 1 aliphatic rings. The van der Waals surface area contributed by atoms with Gasteiger partial charge in [0.1, 0.15) is 6.04 Å². The largest absolute Gasteiger partial charge is 0.478 e. The number of aromatic carboxylic acids is 1. The molecule has 0 bridgehead atoms. The van der Waals surface area contributed by atoms with Gasteiger partial charge in [0, 0.05) is 37.5 Å². The summed E-state index contributed by atoms with van der Waals surface area (Å²) in [6.07, 6.45) is 3.46. The Morgan fingerprint density at radius 2 is 1.91 bits per heavy atom. The topological polar surface area (TPSA) is 129 Å². The van der Waals surface area contributed by atoms with Gasteiger partial charge in [0.25, 0.3) is 10.8 Å². The molecule has 2 N–H and O–H groups in total. The number of hydrogen-bond donors (Lipinski definition) is 2. The number of carboxylic acids is 1. The molecule has 2 aromatic carbocycles. The third kappa shape index (κ3) is 4.60. The number of fused-ring (bicyclic) bond motifs is 1. The maximum Gasteiger partial charge on any atom is 0.335 e. The second kappa shape index (κ2) is 9.49. The minimum absolute atomic E-state index is 0.0734. The van der Waals surface area contributed by atoms with Crippen molar-refractivity contribution in [1.82, 2.24) is 9.88 Å². The first-order chi connectivity index (χ1) is 16.4. The summed E-state index contributed by atoms with van der Waals surface area (Å²) < 4.78 is 0. The van der Waals surface area contributed by atoms with Crippen LogP contribution in [0.2, 0.25) is 0 Å². The molecule has 0 unspecified atom stereocenters. The molecule has 34 heavy (non-hydrogen) atoms. The number of amides is 2. The Hall–Kier alpha value is -4.60. The summed E-state index contributed by atoms with van der Waals surface area (Å²) in [4.78, 5) is 60.4. The normalized spacial score (nSPS) is 15.2. The number of pyridine rings is 1. The summed E-state index contributed by atoms with van der Waals surface area (Å²) in [5.41, 5.74) is 2.08. The minimum Gasteiger partial charge on any atom is -0.478 e. The van der Waals surface area contributed by atoms with Gasteiger partial charge in [-0.2, -0.15) is 0 Å². The fourth-order valence-electron chi connectivity index (χ4n) is 3.77. The molecule has 10 nitrogen and oxygen atoms in total. The molecule has 4 rings (SSSR count). The van der Waals surface area contributed by atoms with Gasteiger partial charge in [0.15, 0.2) is 7.11 Å². The zero-order valence-electron chi connectivity index (χ0n) is 18.2. The Morgan fingerprint density at radius 1 is 1.15 bits per heavy atom. The first-order valence-electron chi connectivity index (χ1n) is 10.4. The van der Waals surface area contributed by atoms with Gasteiger partial charge in [-0.1, -0.05) is 18.2 Å². The van der Waals surface area contributed by atoms with Crippen molar-refractivity contribution in [2.45, 2.75) is 19.0 Å². The van der Waals surface area contributed by atoms with Crippen molar-refractivity contribution in [3.8, 4) is 0 Å². The molecule has 1 aromatic heterocycles. The molecule has 0 saturated carbocycles. The number of carbonyl (C=O) groups is 3. The van der Waals surface area contributed by atoms with Gasteiger partial charge in [0.05, 0.1) is 21.7 Å². The highest BCUT2D eigenvalue weighted by Crippen LogP contribution is 2.29. The van der Waals surface area contributed by atoms with E-state index in [-0.39, 0.29) is 40.4 Å². The summed E-state index contributed by atoms with van der Waals surface area (Å²) in [5, 5.41) is 11.9. The standard InChI is InChI=1S/C24H20N4O6/c1-34-28(33)18-8-9-19-20(12-18)26-22(29)21(11-16-3-2-10-25-13-16)27(23(19)30)14-15-4-6-17(7-5-15)24(31)32/h2-10,12-13,21H,11,14H2,1H3,(H-,26,29,30,31,32)/p+1/t21-/m1/s1. The van der Waals surface area contributed by atoms with Crippen LogP contribution in [-0.2, 0) is 22.6 Å². The van der Waals surface area contributed by atoms with Crippen molar-refractivity contribution < 1.29 is 29.3 Å². The Morgan fingerprint density at radius 3 is 2.56 bits per heavy atom. The molecule has 1 aliphatic heterocycles. The van der Waals surface area contributed by atoms with Gasteiger partial charge in [-0.3, -0.25) is 14.6 Å². The zero-order chi connectivity index (χ0) is 24.2. The fraction of sp³-hybridized carbons (Fsp3) is 0.167. The van der Waals surface area contributed by atoms with E-state index in [0.29, 0.717) is 5.56 Å². The monoisotopic (exact) mass is 461 g/mol. The molecular weight excluding hydrogens is 440 g/mol. The van der Waals surface area contributed by atoms with Crippen molar-refractivity contribution >= 4 is 29.2 Å². The summed E-state index contributed by atoms with van der Waals surface area (Å²) in [7, 11) is 1.21. The number of rotatable bonds is 7. The Bertz CT molecular complexity index is 1260. The molecule has 172 valence electrons. The van der Waals surface area contributed by atoms with Crippen molar-refractivity contribution in [3.05, 3.63) is 94.2 Å². The van der Waals surface area contributed by atoms with Crippen LogP contribution in [0.1, 0.15) is 31.8 Å². The molecule has 0 fully saturated rings. The van der Waals surface area contributed by atoms with E-state index in [2.05, 4.69) is 15.1 Å². The number of anilines is 1. The Labute approximate surface area is 194 Å². The molecule has 0 spiro atoms. The van der Waals surface area contributed by atoms with Gasteiger partial charge < -0.3 is 15.3 Å². The van der Waals surface area contributed by atoms with Crippen molar-refractivity contribution in [2.24, 2.45) is 0 Å². The Kier molecular flexibility index (Phi) is 6.30. The quantitative estimate of drug-likeness (QED) is 0.518. The van der Waals surface area contributed by atoms with E-state index in [0.717, 1.165) is 5.56 Å². The lowest BCUT2D eigenvalue weighted by molar-refractivity contribution is -0.736. The number of aromatic nitrogens is 1. The van der Waals surface area contributed by atoms with Gasteiger partial charge in [-0.05, 0) is 35.4 Å². The fourth-order valence-corrected chi connectivity index (χ4v) is 3.77. The van der Waals surface area contributed by atoms with Gasteiger partial charge in [-0.15, -0.1) is 0 Å². The van der Waals surface area contributed by atoms with E-state index in [4.69, 9.17) is 5.11 Å². The van der Waals surface area contributed by atoms with Crippen LogP contribution in [0.5, 0.6) is 0 Å². The number of carbonyl (C=O) groups excluding carboxylic acids is 2. The molecule has 3 aromatic rings. The maximum absolute atomic E-state index is 13.6. The molecule has 10 heteroatoms. The summed E-state index contributed by atoms with van der Waals surface area (Å²) in [6, 6.07) is 13.1. The number of benzene rings is 2. The van der Waals surface area contributed by atoms with Crippen LogP contribution < -0.4 is 5.32 Å². The van der Waals surface area contributed by atoms with Crippen LogP contribution in [-0.4, -0.2) is 50.8 Å². The second-order valence-electron chi connectivity index (χ2n) is 7.68. The summed E-state index contributed by atoms with van der Waals surface area (Å²) in [5.74, 6) is -1.89. The number of nitrogens with one attached hydrogen (secondary N) is 1. The zero-order valence-corrected chi connectivity index (χ0v) is 18.2. The number of hydrogen-bond acceptors (Lipinski definition) is 6. The van der Waals surface area contributed by atoms with Crippen LogP contribution in [0.25, 0.3) is 0 Å². The molecule has 0 saturated heterocycles. The minimum atomic E-state index is -1.06. The molecule has 2 amide bonds. The molecule has 1 atom stereocenters. The molecular formula is C24H21N4O6+. The third-order valence-electron chi connectivity index (χ3n) is 5.51. The van der Waals surface area contributed by atoms with Crippen LogP contribution in [0, 0.1) is 4.91 Å². The molecule has 0 aliphatic carbocycles. The smallest absolute Gasteiger partial charge is 0.335 e. The van der Waals surface area contributed by atoms with E-state index < -0.39 is 23.8 Å². The predicted octanol–water partition coefficient (Wildman–Crippen LogP) is 2.96. The van der Waals surface area contributed by atoms with E-state index in [1.54, 1.807) is 30.6 Å². The SMILES string of the molecule is CO[N+](=O)c1ccc2c(c1)NC(=O)[C@@H](Cc1cccnc1)N(Cc1ccc(C(=O)O)cc1)C2=O. The average molecular weight is 461 g/mol. The van der Waals surface area contributed by atoms with E-state index in [1.807, 2.05) is 6.07 Å². The maximum atomic E-state index is 13.6. The third-order valence-corrected chi connectivity index (χ3v) is 5.51. The Balaban J connectivity index is 1.74. The van der Waals surface area contributed by atoms with E-state index in [9.17, 15) is 19.3 Å². The van der Waals surface area contributed by atoms with Crippen molar-refractivity contribution in [2.75, 3.05) is 12.4 Å². The highest BCUT2D eigenvalue weighted by atomic mass is 16.8. The second-order valence-corrected chi connectivity index (χ2v) is 7.68.